The number of hydrogen-bond acceptors (Lipinski definition) is 4. The van der Waals surface area contributed by atoms with Crippen LogP contribution in [0.3, 0.4) is 0 Å². The van der Waals surface area contributed by atoms with Crippen LogP contribution in [0.25, 0.3) is 16.9 Å². The van der Waals surface area contributed by atoms with Gasteiger partial charge in [-0.15, -0.1) is 0 Å². The van der Waals surface area contributed by atoms with E-state index in [1.165, 1.54) is 0 Å². The molecule has 7 heteroatoms. The lowest BCUT2D eigenvalue weighted by atomic mass is 10.1. The van der Waals surface area contributed by atoms with E-state index in [9.17, 15) is 4.79 Å². The lowest BCUT2D eigenvalue weighted by Crippen LogP contribution is -2.30. The van der Waals surface area contributed by atoms with E-state index < -0.39 is 0 Å². The average Bonchev–Trinajstić information content (AvgIpc) is 3.62. The Balaban J connectivity index is 1.63. The van der Waals surface area contributed by atoms with E-state index in [0.717, 1.165) is 35.2 Å². The van der Waals surface area contributed by atoms with Crippen molar-refractivity contribution in [1.29, 1.82) is 0 Å². The van der Waals surface area contributed by atoms with Crippen molar-refractivity contribution >= 4 is 28.5 Å². The molecule has 1 aliphatic carbocycles. The van der Waals surface area contributed by atoms with Crippen molar-refractivity contribution in [3.8, 4) is 5.82 Å². The summed E-state index contributed by atoms with van der Waals surface area (Å²) in [7, 11) is 0. The number of fused-ring (bicyclic) bond motifs is 1. The zero-order chi connectivity index (χ0) is 22.2. The first kappa shape index (κ1) is 20.6. The van der Waals surface area contributed by atoms with Crippen LogP contribution >= 0.6 is 11.6 Å². The summed E-state index contributed by atoms with van der Waals surface area (Å²) in [5.74, 6) is 1.05. The molecule has 1 saturated carbocycles. The van der Waals surface area contributed by atoms with Crippen LogP contribution < -0.4 is 0 Å². The molecule has 0 saturated heterocycles. The molecule has 1 aromatic carbocycles. The fourth-order valence-electron chi connectivity index (χ4n) is 4.03. The second kappa shape index (κ2) is 8.36. The van der Waals surface area contributed by atoms with Crippen molar-refractivity contribution in [2.75, 3.05) is 6.54 Å². The number of halogens is 1. The molecular weight excluding hydrogens is 422 g/mol. The van der Waals surface area contributed by atoms with Crippen molar-refractivity contribution in [2.24, 2.45) is 0 Å². The maximum Gasteiger partial charge on any atom is 0.255 e. The van der Waals surface area contributed by atoms with E-state index >= 15 is 0 Å². The molecule has 3 aromatic heterocycles. The van der Waals surface area contributed by atoms with Crippen LogP contribution in [0.4, 0.5) is 0 Å². The molecule has 162 valence electrons. The third-order valence-electron chi connectivity index (χ3n) is 5.91. The fraction of sp³-hybridized carbons (Fsp3) is 0.280. The molecule has 0 spiro atoms. The Hall–Kier alpha value is -3.25. The van der Waals surface area contributed by atoms with E-state index in [1.54, 1.807) is 10.9 Å². The van der Waals surface area contributed by atoms with E-state index in [-0.39, 0.29) is 5.91 Å². The minimum atomic E-state index is -0.0367. The quantitative estimate of drug-likeness (QED) is 0.403. The monoisotopic (exact) mass is 445 g/mol. The fourth-order valence-corrected chi connectivity index (χ4v) is 4.23. The maximum absolute atomic E-state index is 13.8. The molecule has 5 rings (SSSR count). The molecule has 4 aromatic rings. The largest absolute Gasteiger partial charge is 0.335 e. The second-order valence-corrected chi connectivity index (χ2v) is 8.57. The van der Waals surface area contributed by atoms with Gasteiger partial charge in [-0.1, -0.05) is 35.9 Å². The van der Waals surface area contributed by atoms with Gasteiger partial charge in [-0.05, 0) is 56.5 Å². The Labute approximate surface area is 191 Å². The summed E-state index contributed by atoms with van der Waals surface area (Å²) >= 11 is 6.37. The SMILES string of the molecule is CCN(Cc1ccccc1Cl)C(=O)c1cc(C2CC2)nc2c1c(C)nn2-c1ccccn1. The van der Waals surface area contributed by atoms with E-state index in [4.69, 9.17) is 21.7 Å². The minimum absolute atomic E-state index is 0.0367. The Bertz CT molecular complexity index is 1300. The van der Waals surface area contributed by atoms with Crippen LogP contribution in [0.15, 0.2) is 54.7 Å². The summed E-state index contributed by atoms with van der Waals surface area (Å²) in [5.41, 5.74) is 3.97. The highest BCUT2D eigenvalue weighted by atomic mass is 35.5. The standard InChI is InChI=1S/C25H24ClN5O/c1-3-30(15-18-8-4-5-9-20(18)26)25(32)19-14-21(17-11-12-17)28-24-23(19)16(2)29-31(24)22-10-6-7-13-27-22/h4-10,13-14,17H,3,11-12,15H2,1-2H3. The van der Waals surface area contributed by atoms with Gasteiger partial charge in [-0.25, -0.2) is 9.97 Å². The number of rotatable bonds is 6. The van der Waals surface area contributed by atoms with Gasteiger partial charge in [0.2, 0.25) is 0 Å². The molecule has 1 fully saturated rings. The number of hydrogen-bond donors (Lipinski definition) is 0. The summed E-state index contributed by atoms with van der Waals surface area (Å²) in [6, 6.07) is 15.3. The van der Waals surface area contributed by atoms with Crippen LogP contribution in [-0.2, 0) is 6.54 Å². The Morgan fingerprint density at radius 1 is 1.19 bits per heavy atom. The molecule has 3 heterocycles. The van der Waals surface area contributed by atoms with Crippen molar-refractivity contribution in [3.05, 3.63) is 82.3 Å². The molecule has 0 atom stereocenters. The first-order valence-electron chi connectivity index (χ1n) is 10.9. The van der Waals surface area contributed by atoms with Gasteiger partial charge in [-0.2, -0.15) is 9.78 Å². The summed E-state index contributed by atoms with van der Waals surface area (Å²) < 4.78 is 1.75. The zero-order valence-electron chi connectivity index (χ0n) is 18.1. The van der Waals surface area contributed by atoms with Gasteiger partial charge in [0.25, 0.3) is 5.91 Å². The van der Waals surface area contributed by atoms with E-state index in [2.05, 4.69) is 4.98 Å². The Morgan fingerprint density at radius 2 is 1.97 bits per heavy atom. The lowest BCUT2D eigenvalue weighted by Gasteiger charge is -2.22. The van der Waals surface area contributed by atoms with Gasteiger partial charge in [0, 0.05) is 35.9 Å². The molecule has 1 aliphatic rings. The van der Waals surface area contributed by atoms with Gasteiger partial charge < -0.3 is 4.90 Å². The number of pyridine rings is 2. The zero-order valence-corrected chi connectivity index (χ0v) is 18.9. The third-order valence-corrected chi connectivity index (χ3v) is 6.28. The number of aromatic nitrogens is 4. The number of nitrogens with zero attached hydrogens (tertiary/aromatic N) is 5. The molecule has 0 aliphatic heterocycles. The molecule has 0 N–H and O–H groups in total. The highest BCUT2D eigenvalue weighted by molar-refractivity contribution is 6.31. The topological polar surface area (TPSA) is 63.9 Å². The molecule has 0 unspecified atom stereocenters. The molecule has 6 nitrogen and oxygen atoms in total. The summed E-state index contributed by atoms with van der Waals surface area (Å²) in [5, 5.41) is 6.15. The molecule has 0 bridgehead atoms. The summed E-state index contributed by atoms with van der Waals surface area (Å²) in [6.07, 6.45) is 3.93. The summed E-state index contributed by atoms with van der Waals surface area (Å²) in [6.45, 7) is 4.92. The van der Waals surface area contributed by atoms with Crippen LogP contribution in [0.2, 0.25) is 5.02 Å². The van der Waals surface area contributed by atoms with Crippen LogP contribution in [-0.4, -0.2) is 37.1 Å². The van der Waals surface area contributed by atoms with Gasteiger partial charge in [0.1, 0.15) is 0 Å². The van der Waals surface area contributed by atoms with Gasteiger partial charge in [-0.3, -0.25) is 4.79 Å². The predicted molar refractivity (Wildman–Crippen MR) is 125 cm³/mol. The second-order valence-electron chi connectivity index (χ2n) is 8.16. The number of aryl methyl sites for hydroxylation is 1. The van der Waals surface area contributed by atoms with E-state index in [0.29, 0.717) is 41.1 Å². The first-order chi connectivity index (χ1) is 15.6. The number of amides is 1. The summed E-state index contributed by atoms with van der Waals surface area (Å²) in [4.78, 5) is 25.0. The molecule has 0 radical (unpaired) electrons. The molecule has 32 heavy (non-hydrogen) atoms. The lowest BCUT2D eigenvalue weighted by molar-refractivity contribution is 0.0754. The average molecular weight is 446 g/mol. The van der Waals surface area contributed by atoms with Crippen molar-refractivity contribution < 1.29 is 4.79 Å². The Morgan fingerprint density at radius 3 is 2.66 bits per heavy atom. The van der Waals surface area contributed by atoms with Gasteiger partial charge in [0.05, 0.1) is 16.6 Å². The Kier molecular flexibility index (Phi) is 5.39. The smallest absolute Gasteiger partial charge is 0.255 e. The third kappa shape index (κ3) is 3.75. The predicted octanol–water partition coefficient (Wildman–Crippen LogP) is 5.32. The first-order valence-corrected chi connectivity index (χ1v) is 11.3. The highest BCUT2D eigenvalue weighted by Gasteiger charge is 2.30. The maximum atomic E-state index is 13.8. The number of carbonyl (C=O) groups excluding carboxylic acids is 1. The normalized spacial score (nSPS) is 13.5. The van der Waals surface area contributed by atoms with Crippen LogP contribution in [0.5, 0.6) is 0 Å². The number of carbonyl (C=O) groups is 1. The van der Waals surface area contributed by atoms with Crippen molar-refractivity contribution in [1.82, 2.24) is 24.6 Å². The molecule has 1 amide bonds. The van der Waals surface area contributed by atoms with Crippen molar-refractivity contribution in [3.63, 3.8) is 0 Å². The highest BCUT2D eigenvalue weighted by Crippen LogP contribution is 2.41. The molecular formula is C25H24ClN5O. The van der Waals surface area contributed by atoms with Gasteiger partial charge in [0.15, 0.2) is 11.5 Å². The minimum Gasteiger partial charge on any atom is -0.335 e. The van der Waals surface area contributed by atoms with Crippen LogP contribution in [0, 0.1) is 6.92 Å². The van der Waals surface area contributed by atoms with Crippen molar-refractivity contribution in [2.45, 2.75) is 39.2 Å². The van der Waals surface area contributed by atoms with E-state index in [1.807, 2.05) is 67.3 Å². The van der Waals surface area contributed by atoms with Crippen LogP contribution in [0.1, 0.15) is 53.0 Å². The number of benzene rings is 1. The van der Waals surface area contributed by atoms with Gasteiger partial charge >= 0.3 is 0 Å².